The van der Waals surface area contributed by atoms with Gasteiger partial charge in [-0.25, -0.2) is 9.78 Å². The zero-order chi connectivity index (χ0) is 27.1. The quantitative estimate of drug-likeness (QED) is 0.0725. The van der Waals surface area contributed by atoms with Crippen LogP contribution in [0.3, 0.4) is 0 Å². The Kier molecular flexibility index (Phi) is 9.70. The van der Waals surface area contributed by atoms with E-state index in [1.807, 2.05) is 6.92 Å². The lowest BCUT2D eigenvalue weighted by Gasteiger charge is -2.49. The normalized spacial score (nSPS) is 19.0. The molecule has 0 aromatic carbocycles. The smallest absolute Gasteiger partial charge is 0.352 e. The van der Waals surface area contributed by atoms with Crippen LogP contribution < -0.4 is 10.6 Å². The van der Waals surface area contributed by atoms with Crippen LogP contribution in [0, 0.1) is 0 Å². The van der Waals surface area contributed by atoms with E-state index in [0.717, 1.165) is 30.6 Å². The maximum Gasteiger partial charge on any atom is 0.352 e. The molecule has 1 saturated heterocycles. The molecule has 202 valence electrons. The predicted octanol–water partition coefficient (Wildman–Crippen LogP) is 2.00. The van der Waals surface area contributed by atoms with Gasteiger partial charge in [-0.1, -0.05) is 48.0 Å². The van der Waals surface area contributed by atoms with Gasteiger partial charge in [0.25, 0.3) is 11.8 Å². The number of hydrogen-bond acceptors (Lipinski definition) is 13. The summed E-state index contributed by atoms with van der Waals surface area (Å²) in [6.45, 7) is 2.35. The number of aliphatic carboxylic acids is 1. The van der Waals surface area contributed by atoms with E-state index in [4.69, 9.17) is 4.84 Å². The molecule has 4 rings (SSSR count). The van der Waals surface area contributed by atoms with Crippen molar-refractivity contribution < 1.29 is 29.1 Å². The average molecular weight is 598 g/mol. The number of β-lactam (4-membered cyclic amide) rings is 1. The summed E-state index contributed by atoms with van der Waals surface area (Å²) in [6, 6.07) is -0.948. The molecule has 0 saturated carbocycles. The summed E-state index contributed by atoms with van der Waals surface area (Å²) >= 11 is 5.17. The molecule has 1 fully saturated rings. The highest BCUT2D eigenvalue weighted by atomic mass is 32.2. The Labute approximate surface area is 233 Å². The van der Waals surface area contributed by atoms with Crippen molar-refractivity contribution in [1.29, 1.82) is 0 Å². The van der Waals surface area contributed by atoms with E-state index in [2.05, 4.69) is 31.0 Å². The van der Waals surface area contributed by atoms with Gasteiger partial charge in [-0.15, -0.1) is 33.3 Å². The van der Waals surface area contributed by atoms with E-state index in [1.165, 1.54) is 45.1 Å². The Morgan fingerprint density at radius 3 is 2.92 bits per heavy atom. The van der Waals surface area contributed by atoms with Crippen LogP contribution in [0.15, 0.2) is 31.7 Å². The number of unbranched alkanes of at least 4 members (excludes halogenated alkanes) is 2. The lowest BCUT2D eigenvalue weighted by molar-refractivity contribution is -0.150. The van der Waals surface area contributed by atoms with Gasteiger partial charge in [0.2, 0.25) is 6.41 Å². The average Bonchev–Trinajstić information content (AvgIpc) is 3.60. The summed E-state index contributed by atoms with van der Waals surface area (Å²) in [6.07, 6.45) is 3.15. The number of thiazole rings is 1. The summed E-state index contributed by atoms with van der Waals surface area (Å²) in [5.41, 5.74) is 2.14. The van der Waals surface area contributed by atoms with Crippen molar-refractivity contribution in [3.63, 3.8) is 0 Å². The summed E-state index contributed by atoms with van der Waals surface area (Å²) in [7, 11) is 0. The minimum Gasteiger partial charge on any atom is -0.477 e. The van der Waals surface area contributed by atoms with Crippen LogP contribution in [0.2, 0.25) is 0 Å². The second-order valence-corrected chi connectivity index (χ2v) is 11.9. The lowest BCUT2D eigenvalue weighted by atomic mass is 10.0. The van der Waals surface area contributed by atoms with Crippen molar-refractivity contribution in [1.82, 2.24) is 25.4 Å². The van der Waals surface area contributed by atoms with Crippen LogP contribution >= 0.6 is 46.2 Å². The molecule has 0 spiro atoms. The van der Waals surface area contributed by atoms with Crippen molar-refractivity contribution in [2.45, 2.75) is 41.9 Å². The minimum absolute atomic E-state index is 0.0708. The molecule has 0 bridgehead atoms. The number of carboxylic acid groups (broad SMARTS) is 1. The molecule has 13 nitrogen and oxygen atoms in total. The Bertz CT molecular complexity index is 1250. The monoisotopic (exact) mass is 597 g/mol. The van der Waals surface area contributed by atoms with Gasteiger partial charge in [0, 0.05) is 16.9 Å². The fourth-order valence-electron chi connectivity index (χ4n) is 3.61. The maximum atomic E-state index is 13.2. The van der Waals surface area contributed by atoms with Gasteiger partial charge in [0.1, 0.15) is 34.9 Å². The maximum absolute atomic E-state index is 13.2. The van der Waals surface area contributed by atoms with E-state index >= 15 is 0 Å². The predicted molar refractivity (Wildman–Crippen MR) is 144 cm³/mol. The number of nitrogens with one attached hydrogen (secondary N) is 2. The van der Waals surface area contributed by atoms with Crippen molar-refractivity contribution >= 4 is 81.2 Å². The molecular weight excluding hydrogens is 575 g/mol. The molecule has 2 aromatic heterocycles. The number of aromatic nitrogens is 3. The molecule has 2 atom stereocenters. The van der Waals surface area contributed by atoms with Crippen LogP contribution in [0.25, 0.3) is 0 Å². The third-order valence-electron chi connectivity index (χ3n) is 5.39. The van der Waals surface area contributed by atoms with Crippen LogP contribution in [-0.4, -0.2) is 84.6 Å². The molecule has 2 aliphatic heterocycles. The van der Waals surface area contributed by atoms with Crippen LogP contribution in [0.1, 0.15) is 31.9 Å². The van der Waals surface area contributed by atoms with E-state index in [-0.39, 0.29) is 22.2 Å². The molecule has 4 heterocycles. The molecule has 1 unspecified atom stereocenters. The molecule has 2 aromatic rings. The number of carbonyl (C=O) groups is 4. The number of thioether (sulfide) groups is 2. The highest BCUT2D eigenvalue weighted by Crippen LogP contribution is 2.41. The zero-order valence-electron chi connectivity index (χ0n) is 20.0. The standard InChI is InChI=1S/C21H23N7O6S4/c1-2-3-4-5-34-27-13(12-8-36-20(24-12)22-9-29)16(30)25-14-17(31)28-15(19(32)33)11(6-35-18(14)28)7-37-21-26-23-10-38-21/h8-10,14,18H,2-7H2,1H3,(H,25,30)(H,32,33)(H,22,24,29)/b27-13-/t14?,18-/m1/s1. The number of anilines is 1. The highest BCUT2D eigenvalue weighted by molar-refractivity contribution is 8.01. The van der Waals surface area contributed by atoms with Crippen molar-refractivity contribution in [2.24, 2.45) is 5.16 Å². The van der Waals surface area contributed by atoms with Crippen molar-refractivity contribution in [3.8, 4) is 0 Å². The summed E-state index contributed by atoms with van der Waals surface area (Å²) < 4.78 is 0.701. The van der Waals surface area contributed by atoms with Crippen LogP contribution in [-0.2, 0) is 24.0 Å². The van der Waals surface area contributed by atoms with Gasteiger partial charge in [-0.05, 0) is 12.0 Å². The Hall–Kier alpha value is -3.02. The molecular formula is C21H23N7O6S4. The summed E-state index contributed by atoms with van der Waals surface area (Å²) in [4.78, 5) is 59.8. The van der Waals surface area contributed by atoms with Gasteiger partial charge in [0.15, 0.2) is 15.2 Å². The fraction of sp³-hybridized carbons (Fsp3) is 0.429. The van der Waals surface area contributed by atoms with Crippen molar-refractivity contribution in [2.75, 3.05) is 23.4 Å². The Balaban J connectivity index is 1.47. The molecule has 3 N–H and O–H groups in total. The zero-order valence-corrected chi connectivity index (χ0v) is 23.3. The van der Waals surface area contributed by atoms with Gasteiger partial charge in [-0.2, -0.15) is 0 Å². The first kappa shape index (κ1) is 28.0. The number of fused-ring (bicyclic) bond motifs is 1. The molecule has 0 radical (unpaired) electrons. The summed E-state index contributed by atoms with van der Waals surface area (Å²) in [5.74, 6) is -1.70. The van der Waals surface area contributed by atoms with Gasteiger partial charge >= 0.3 is 5.97 Å². The van der Waals surface area contributed by atoms with Gasteiger partial charge in [-0.3, -0.25) is 19.3 Å². The first-order chi connectivity index (χ1) is 18.4. The van der Waals surface area contributed by atoms with Gasteiger partial charge in [0.05, 0.1) is 0 Å². The number of hydrogen-bond donors (Lipinski definition) is 3. The third kappa shape index (κ3) is 6.33. The van der Waals surface area contributed by atoms with Crippen LogP contribution in [0.5, 0.6) is 0 Å². The van der Waals surface area contributed by atoms with Gasteiger partial charge < -0.3 is 20.6 Å². The molecule has 3 amide bonds. The first-order valence-corrected chi connectivity index (χ1v) is 15.2. The Morgan fingerprint density at radius 1 is 1.37 bits per heavy atom. The second kappa shape index (κ2) is 13.2. The number of oxime groups is 1. The number of nitrogens with zero attached hydrogens (tertiary/aromatic N) is 5. The number of carboxylic acids is 1. The number of amides is 3. The number of rotatable bonds is 14. The fourth-order valence-corrected chi connectivity index (χ4v) is 7.24. The van der Waals surface area contributed by atoms with E-state index < -0.39 is 29.2 Å². The highest BCUT2D eigenvalue weighted by Gasteiger charge is 2.54. The molecule has 17 heteroatoms. The third-order valence-corrected chi connectivity index (χ3v) is 9.45. The largest absolute Gasteiger partial charge is 0.477 e. The lowest BCUT2D eigenvalue weighted by Crippen LogP contribution is -2.71. The Morgan fingerprint density at radius 2 is 2.21 bits per heavy atom. The molecule has 0 aliphatic carbocycles. The molecule has 2 aliphatic rings. The second-order valence-electron chi connectivity index (χ2n) is 7.89. The van der Waals surface area contributed by atoms with E-state index in [9.17, 15) is 24.3 Å². The van der Waals surface area contributed by atoms with E-state index in [0.29, 0.717) is 34.4 Å². The topological polar surface area (TPSA) is 176 Å². The first-order valence-electron chi connectivity index (χ1n) is 11.4. The van der Waals surface area contributed by atoms with Crippen LogP contribution in [0.4, 0.5) is 5.13 Å². The van der Waals surface area contributed by atoms with E-state index in [1.54, 1.807) is 5.51 Å². The SMILES string of the molecule is CCCCCO/N=C(\C(=O)NC1C(=O)N2C(C(=O)O)=C(CSc3nncs3)CS[C@H]12)c1csc(NC=O)n1. The van der Waals surface area contributed by atoms with Crippen molar-refractivity contribution in [3.05, 3.63) is 27.9 Å². The summed E-state index contributed by atoms with van der Waals surface area (Å²) in [5, 5.41) is 27.9. The number of carbonyl (C=O) groups excluding carboxylic acids is 3. The minimum atomic E-state index is -1.21. The molecule has 38 heavy (non-hydrogen) atoms.